The Morgan fingerprint density at radius 2 is 2.17 bits per heavy atom. The van der Waals surface area contributed by atoms with Crippen molar-refractivity contribution in [3.63, 3.8) is 0 Å². The number of hydrogen-bond acceptors (Lipinski definition) is 10. The number of rotatable bonds is 6. The van der Waals surface area contributed by atoms with Crippen molar-refractivity contribution < 1.29 is 18.7 Å². The molecule has 11 nitrogen and oxygen atoms in total. The fraction of sp³-hybridized carbons (Fsp3) is 0.357. The Hall–Kier alpha value is -3.71. The Kier molecular flexibility index (Phi) is 6.78. The monoisotopic (exact) mass is 593 g/mol. The first kappa shape index (κ1) is 26.2. The molecule has 3 unspecified atom stereocenters. The summed E-state index contributed by atoms with van der Waals surface area (Å²) < 4.78 is 19.8. The van der Waals surface area contributed by atoms with E-state index in [1.165, 1.54) is 11.3 Å². The first-order valence-corrected chi connectivity index (χ1v) is 14.6. The number of ether oxygens (including phenoxy) is 2. The molecule has 1 aromatic carbocycles. The second kappa shape index (κ2) is 10.6. The molecule has 212 valence electrons. The van der Waals surface area contributed by atoms with Crippen molar-refractivity contribution in [3.8, 4) is 11.5 Å². The highest BCUT2D eigenvalue weighted by Crippen LogP contribution is 2.38. The van der Waals surface area contributed by atoms with Crippen molar-refractivity contribution in [2.45, 2.75) is 30.5 Å². The van der Waals surface area contributed by atoms with Crippen LogP contribution >= 0.6 is 22.9 Å². The van der Waals surface area contributed by atoms with E-state index in [0.29, 0.717) is 43.5 Å². The Morgan fingerprint density at radius 3 is 3.00 bits per heavy atom. The molecule has 3 atom stereocenters. The average molecular weight is 594 g/mol. The van der Waals surface area contributed by atoms with Gasteiger partial charge in [0.05, 0.1) is 18.0 Å². The number of carbonyl (C=O) groups excluding carboxylic acids is 1. The molecule has 13 heteroatoms. The Morgan fingerprint density at radius 1 is 1.29 bits per heavy atom. The lowest BCUT2D eigenvalue weighted by Crippen LogP contribution is -2.58. The number of carbonyl (C=O) groups is 1. The van der Waals surface area contributed by atoms with E-state index in [0.717, 1.165) is 33.5 Å². The number of fused-ring (bicyclic) bond motifs is 3. The largest absolute Gasteiger partial charge is 0.484 e. The van der Waals surface area contributed by atoms with E-state index >= 15 is 0 Å². The molecule has 0 saturated carbocycles. The lowest BCUT2D eigenvalue weighted by molar-refractivity contribution is -0.137. The molecule has 41 heavy (non-hydrogen) atoms. The van der Waals surface area contributed by atoms with Gasteiger partial charge in [-0.2, -0.15) is 5.10 Å². The maximum absolute atomic E-state index is 13.9. The Balaban J connectivity index is 1.19. The third-order valence-corrected chi connectivity index (χ3v) is 8.80. The van der Waals surface area contributed by atoms with Gasteiger partial charge in [0.15, 0.2) is 11.6 Å². The van der Waals surface area contributed by atoms with Crippen molar-refractivity contribution in [1.82, 2.24) is 35.1 Å². The topological polar surface area (TPSA) is 119 Å². The maximum atomic E-state index is 13.9. The predicted molar refractivity (Wildman–Crippen MR) is 152 cm³/mol. The third kappa shape index (κ3) is 4.70. The summed E-state index contributed by atoms with van der Waals surface area (Å²) in [5.41, 5.74) is 3.16. The summed E-state index contributed by atoms with van der Waals surface area (Å²) in [6.45, 7) is 4.00. The first-order chi connectivity index (χ1) is 20.0. The van der Waals surface area contributed by atoms with Gasteiger partial charge in [-0.15, -0.1) is 0 Å². The minimum Gasteiger partial charge on any atom is -0.484 e. The number of benzene rings is 1. The molecule has 6 heterocycles. The van der Waals surface area contributed by atoms with E-state index in [-0.39, 0.29) is 18.6 Å². The zero-order valence-electron chi connectivity index (χ0n) is 22.2. The molecule has 1 fully saturated rings. The third-order valence-electron chi connectivity index (χ3n) is 7.44. The van der Waals surface area contributed by atoms with Crippen LogP contribution in [0, 0.1) is 6.92 Å². The van der Waals surface area contributed by atoms with Crippen molar-refractivity contribution in [2.24, 2.45) is 0 Å². The highest BCUT2D eigenvalue weighted by atomic mass is 35.5. The Labute approximate surface area is 244 Å². The number of dihydropyridines is 1. The number of oxazole rings is 1. The fourth-order valence-electron chi connectivity index (χ4n) is 5.50. The molecule has 1 amide bonds. The normalized spacial score (nSPS) is 24.1. The van der Waals surface area contributed by atoms with Gasteiger partial charge in [0.1, 0.15) is 34.9 Å². The lowest BCUT2D eigenvalue weighted by atomic mass is 10.00. The molecule has 0 radical (unpaired) electrons. The van der Waals surface area contributed by atoms with E-state index < -0.39 is 11.0 Å². The number of halogens is 1. The molecule has 1 saturated heterocycles. The minimum atomic E-state index is -1.14. The molecular weight excluding hydrogens is 566 g/mol. The summed E-state index contributed by atoms with van der Waals surface area (Å²) in [4.78, 5) is 25.0. The summed E-state index contributed by atoms with van der Waals surface area (Å²) >= 11 is 8.52. The summed E-state index contributed by atoms with van der Waals surface area (Å²) in [5.74, 6) is 0.682. The van der Waals surface area contributed by atoms with Gasteiger partial charge in [-0.3, -0.25) is 4.79 Å². The molecule has 0 bridgehead atoms. The Bertz CT molecular complexity index is 1640. The molecule has 3 aliphatic rings. The summed E-state index contributed by atoms with van der Waals surface area (Å²) in [5, 5.41) is 12.0. The SMILES string of the molecule is Cc1nn2c3c(nc2s1)CCN(C(=O)COC1=CC=CNC1(Cl)C1CNCCO1)C3c1coc(-c2ccccc2)n1. The predicted octanol–water partition coefficient (Wildman–Crippen LogP) is 3.17. The van der Waals surface area contributed by atoms with Crippen molar-refractivity contribution in [3.05, 3.63) is 82.8 Å². The van der Waals surface area contributed by atoms with Crippen LogP contribution in [0.15, 0.2) is 65.1 Å². The van der Waals surface area contributed by atoms with Crippen LogP contribution < -0.4 is 10.6 Å². The van der Waals surface area contributed by atoms with E-state index in [9.17, 15) is 4.79 Å². The van der Waals surface area contributed by atoms with Crippen LogP contribution in [0.4, 0.5) is 0 Å². The number of imidazole rings is 1. The summed E-state index contributed by atoms with van der Waals surface area (Å²) in [6, 6.07) is 9.11. The van der Waals surface area contributed by atoms with Crippen molar-refractivity contribution in [2.75, 3.05) is 32.8 Å². The molecule has 0 aliphatic carbocycles. The quantitative estimate of drug-likeness (QED) is 0.257. The molecule has 3 aromatic heterocycles. The molecule has 3 aliphatic heterocycles. The van der Waals surface area contributed by atoms with Crippen molar-refractivity contribution in [1.29, 1.82) is 0 Å². The summed E-state index contributed by atoms with van der Waals surface area (Å²) in [6.07, 6.45) is 7.12. The zero-order chi connectivity index (χ0) is 28.0. The molecule has 2 N–H and O–H groups in total. The fourth-order valence-corrected chi connectivity index (χ4v) is 6.59. The number of amides is 1. The standard InChI is InChI=1S/C28H28ClN7O4S/c1-17-34-36-25-19(33-27(36)41-17)9-12-35(24(25)20-15-40-26(32-20)18-6-3-2-4-7-18)23(37)16-39-21-8-5-10-31-28(21,29)22-14-30-11-13-38-22/h2-8,10,15,22,24,30-31H,9,11-14,16H2,1H3. The van der Waals surface area contributed by atoms with Crippen LogP contribution in [0.25, 0.3) is 16.4 Å². The van der Waals surface area contributed by atoms with Gasteiger partial charge in [0.2, 0.25) is 10.9 Å². The maximum Gasteiger partial charge on any atom is 0.261 e. The number of morpholine rings is 1. The zero-order valence-corrected chi connectivity index (χ0v) is 23.8. The molecular formula is C28H28ClN7O4S. The first-order valence-electron chi connectivity index (χ1n) is 13.5. The molecule has 7 rings (SSSR count). The number of aryl methyl sites for hydroxylation is 1. The minimum absolute atomic E-state index is 0.219. The number of allylic oxidation sites excluding steroid dienone is 2. The van der Waals surface area contributed by atoms with Crippen LogP contribution in [0.5, 0.6) is 0 Å². The van der Waals surface area contributed by atoms with Gasteiger partial charge >= 0.3 is 0 Å². The van der Waals surface area contributed by atoms with Crippen LogP contribution in [0.3, 0.4) is 0 Å². The van der Waals surface area contributed by atoms with E-state index in [4.69, 9.17) is 40.6 Å². The number of alkyl halides is 1. The summed E-state index contributed by atoms with van der Waals surface area (Å²) in [7, 11) is 0. The van der Waals surface area contributed by atoms with Crippen LogP contribution in [-0.2, 0) is 20.7 Å². The van der Waals surface area contributed by atoms with Gasteiger partial charge in [-0.25, -0.2) is 14.5 Å². The second-order valence-electron chi connectivity index (χ2n) is 10.0. The van der Waals surface area contributed by atoms with Crippen molar-refractivity contribution >= 4 is 33.8 Å². The van der Waals surface area contributed by atoms with E-state index in [1.807, 2.05) is 41.8 Å². The molecule has 4 aromatic rings. The highest BCUT2D eigenvalue weighted by Gasteiger charge is 2.45. The molecule has 0 spiro atoms. The highest BCUT2D eigenvalue weighted by molar-refractivity contribution is 7.16. The lowest BCUT2D eigenvalue weighted by Gasteiger charge is -2.40. The van der Waals surface area contributed by atoms with Gasteiger partial charge in [0, 0.05) is 31.6 Å². The van der Waals surface area contributed by atoms with Crippen LogP contribution in [-0.4, -0.2) is 74.3 Å². The number of nitrogens with zero attached hydrogens (tertiary/aromatic N) is 5. The average Bonchev–Trinajstić information content (AvgIpc) is 3.72. The number of aromatic nitrogens is 4. The smallest absolute Gasteiger partial charge is 0.261 e. The number of nitrogens with one attached hydrogen (secondary N) is 2. The van der Waals surface area contributed by atoms with E-state index in [2.05, 4.69) is 10.6 Å². The second-order valence-corrected chi connectivity index (χ2v) is 11.8. The van der Waals surface area contributed by atoms with E-state index in [1.54, 1.807) is 29.5 Å². The van der Waals surface area contributed by atoms with Gasteiger partial charge in [-0.05, 0) is 37.4 Å². The van der Waals surface area contributed by atoms with Gasteiger partial charge in [0.25, 0.3) is 5.91 Å². The van der Waals surface area contributed by atoms with Gasteiger partial charge in [-0.1, -0.05) is 41.1 Å². The van der Waals surface area contributed by atoms with Gasteiger partial charge < -0.3 is 29.4 Å². The van der Waals surface area contributed by atoms with Crippen LogP contribution in [0.1, 0.15) is 28.1 Å². The number of hydrogen-bond donors (Lipinski definition) is 2. The van der Waals surface area contributed by atoms with Crippen LogP contribution in [0.2, 0.25) is 0 Å².